The molecule has 1 saturated heterocycles. The summed E-state index contributed by atoms with van der Waals surface area (Å²) in [4.78, 5) is 2.44. The average Bonchev–Trinajstić information content (AvgIpc) is 2.48. The van der Waals surface area contributed by atoms with Crippen molar-refractivity contribution >= 4 is 0 Å². The van der Waals surface area contributed by atoms with Crippen molar-refractivity contribution in [2.75, 3.05) is 26.8 Å². The van der Waals surface area contributed by atoms with E-state index in [-0.39, 0.29) is 6.10 Å². The minimum atomic E-state index is -0.140. The molecular formula is C18H35NO2. The maximum Gasteiger partial charge on any atom is 0.0695 e. The van der Waals surface area contributed by atoms with Crippen molar-refractivity contribution in [3.8, 4) is 0 Å². The Kier molecular flexibility index (Phi) is 6.10. The molecule has 1 N–H and O–H groups in total. The highest BCUT2D eigenvalue weighted by Gasteiger charge is 2.38. The molecule has 0 aromatic rings. The van der Waals surface area contributed by atoms with Gasteiger partial charge in [0.1, 0.15) is 0 Å². The molecule has 0 radical (unpaired) electrons. The number of aliphatic hydroxyl groups excluding tert-OH is 1. The lowest BCUT2D eigenvalue weighted by molar-refractivity contribution is -0.0239. The molecule has 0 aromatic carbocycles. The molecule has 2 aliphatic rings. The maximum atomic E-state index is 10.5. The zero-order chi connectivity index (χ0) is 15.5. The Morgan fingerprint density at radius 1 is 1.14 bits per heavy atom. The molecule has 21 heavy (non-hydrogen) atoms. The highest BCUT2D eigenvalue weighted by molar-refractivity contribution is 4.91. The maximum absolute atomic E-state index is 10.5. The fourth-order valence-electron chi connectivity index (χ4n) is 4.07. The minimum absolute atomic E-state index is 0.140. The predicted molar refractivity (Wildman–Crippen MR) is 87.4 cm³/mol. The molecular weight excluding hydrogens is 262 g/mol. The van der Waals surface area contributed by atoms with E-state index in [1.807, 2.05) is 0 Å². The van der Waals surface area contributed by atoms with Gasteiger partial charge in [0.15, 0.2) is 0 Å². The molecule has 3 heteroatoms. The summed E-state index contributed by atoms with van der Waals surface area (Å²) in [6, 6.07) is 0.345. The molecule has 1 aliphatic heterocycles. The Hall–Kier alpha value is -0.120. The standard InChI is InChI=1S/C18H35NO2/c1-5-18(2,3)15-6-7-17(20)16(12-15)19(4)13-14-8-10-21-11-9-14/h14-17,20H,5-13H2,1-4H3. The van der Waals surface area contributed by atoms with Crippen molar-refractivity contribution < 1.29 is 9.84 Å². The van der Waals surface area contributed by atoms with Crippen LogP contribution in [0.2, 0.25) is 0 Å². The van der Waals surface area contributed by atoms with Gasteiger partial charge in [-0.2, -0.15) is 0 Å². The Morgan fingerprint density at radius 2 is 1.81 bits per heavy atom. The smallest absolute Gasteiger partial charge is 0.0695 e. The summed E-state index contributed by atoms with van der Waals surface area (Å²) in [5, 5.41) is 10.5. The van der Waals surface area contributed by atoms with E-state index in [1.54, 1.807) is 0 Å². The van der Waals surface area contributed by atoms with E-state index in [0.29, 0.717) is 11.5 Å². The lowest BCUT2D eigenvalue weighted by Crippen LogP contribution is -2.49. The second-order valence-electron chi connectivity index (χ2n) is 7.98. The molecule has 3 atom stereocenters. The third kappa shape index (κ3) is 4.43. The van der Waals surface area contributed by atoms with Crippen LogP contribution in [0.3, 0.4) is 0 Å². The largest absolute Gasteiger partial charge is 0.391 e. The van der Waals surface area contributed by atoms with Crippen LogP contribution >= 0.6 is 0 Å². The van der Waals surface area contributed by atoms with Crippen molar-refractivity contribution in [2.45, 2.75) is 71.4 Å². The van der Waals surface area contributed by atoms with Gasteiger partial charge in [0.25, 0.3) is 0 Å². The zero-order valence-corrected chi connectivity index (χ0v) is 14.5. The fraction of sp³-hybridized carbons (Fsp3) is 1.00. The third-order valence-corrected chi connectivity index (χ3v) is 6.25. The molecule has 1 heterocycles. The molecule has 1 aliphatic carbocycles. The Bertz CT molecular complexity index is 312. The summed E-state index contributed by atoms with van der Waals surface area (Å²) in [7, 11) is 2.21. The normalized spacial score (nSPS) is 32.6. The number of rotatable bonds is 5. The predicted octanol–water partition coefficient (Wildman–Crippen LogP) is 3.31. The number of ether oxygens (including phenoxy) is 1. The monoisotopic (exact) mass is 297 g/mol. The Morgan fingerprint density at radius 3 is 2.43 bits per heavy atom. The fourth-order valence-corrected chi connectivity index (χ4v) is 4.07. The van der Waals surface area contributed by atoms with Crippen LogP contribution in [0.1, 0.15) is 59.3 Å². The molecule has 2 rings (SSSR count). The summed E-state index contributed by atoms with van der Waals surface area (Å²) in [6.07, 6.45) is 6.75. The highest BCUT2D eigenvalue weighted by atomic mass is 16.5. The van der Waals surface area contributed by atoms with Crippen molar-refractivity contribution in [3.05, 3.63) is 0 Å². The number of hydrogen-bond donors (Lipinski definition) is 1. The van der Waals surface area contributed by atoms with Gasteiger partial charge >= 0.3 is 0 Å². The summed E-state index contributed by atoms with van der Waals surface area (Å²) < 4.78 is 5.46. The van der Waals surface area contributed by atoms with Gasteiger partial charge in [-0.05, 0) is 56.4 Å². The van der Waals surface area contributed by atoms with Crippen LogP contribution in [0.15, 0.2) is 0 Å². The molecule has 3 nitrogen and oxygen atoms in total. The van der Waals surface area contributed by atoms with E-state index < -0.39 is 0 Å². The van der Waals surface area contributed by atoms with E-state index >= 15 is 0 Å². The van der Waals surface area contributed by atoms with Crippen LogP contribution in [-0.2, 0) is 4.74 Å². The quantitative estimate of drug-likeness (QED) is 0.845. The first kappa shape index (κ1) is 17.2. The lowest BCUT2D eigenvalue weighted by Gasteiger charge is -2.45. The van der Waals surface area contributed by atoms with Crippen molar-refractivity contribution in [1.29, 1.82) is 0 Å². The zero-order valence-electron chi connectivity index (χ0n) is 14.5. The number of likely N-dealkylation sites (N-methyl/N-ethyl adjacent to an activating group) is 1. The molecule has 3 unspecified atom stereocenters. The van der Waals surface area contributed by atoms with Gasteiger partial charge in [-0.15, -0.1) is 0 Å². The first-order chi connectivity index (χ1) is 9.94. The van der Waals surface area contributed by atoms with Gasteiger partial charge in [-0.25, -0.2) is 0 Å². The van der Waals surface area contributed by atoms with Crippen LogP contribution in [0, 0.1) is 17.3 Å². The van der Waals surface area contributed by atoms with Gasteiger partial charge in [0.05, 0.1) is 6.10 Å². The van der Waals surface area contributed by atoms with Gasteiger partial charge in [-0.3, -0.25) is 0 Å². The van der Waals surface area contributed by atoms with E-state index in [9.17, 15) is 5.11 Å². The van der Waals surface area contributed by atoms with Gasteiger partial charge < -0.3 is 14.7 Å². The summed E-state index contributed by atoms with van der Waals surface area (Å²) in [5.41, 5.74) is 0.401. The average molecular weight is 297 g/mol. The molecule has 2 fully saturated rings. The SMILES string of the molecule is CCC(C)(C)C1CCC(O)C(N(C)CC2CCOCC2)C1. The molecule has 1 saturated carbocycles. The van der Waals surface area contributed by atoms with Crippen molar-refractivity contribution in [1.82, 2.24) is 4.90 Å². The van der Waals surface area contributed by atoms with E-state index in [2.05, 4.69) is 32.7 Å². The molecule has 124 valence electrons. The first-order valence-electron chi connectivity index (χ1n) is 8.90. The Labute approximate surface area is 131 Å². The molecule has 0 spiro atoms. The summed E-state index contributed by atoms with van der Waals surface area (Å²) in [6.45, 7) is 10.0. The van der Waals surface area contributed by atoms with Crippen LogP contribution < -0.4 is 0 Å². The van der Waals surface area contributed by atoms with Crippen LogP contribution in [-0.4, -0.2) is 49.0 Å². The van der Waals surface area contributed by atoms with Gasteiger partial charge in [-0.1, -0.05) is 27.2 Å². The summed E-state index contributed by atoms with van der Waals surface area (Å²) in [5.74, 6) is 1.49. The van der Waals surface area contributed by atoms with Crippen molar-refractivity contribution in [2.24, 2.45) is 17.3 Å². The lowest BCUT2D eigenvalue weighted by atomic mass is 9.67. The summed E-state index contributed by atoms with van der Waals surface area (Å²) >= 11 is 0. The van der Waals surface area contributed by atoms with Crippen LogP contribution in [0.4, 0.5) is 0 Å². The van der Waals surface area contributed by atoms with Crippen LogP contribution in [0.5, 0.6) is 0 Å². The molecule has 0 bridgehead atoms. The molecule has 0 amide bonds. The number of hydrogen-bond acceptors (Lipinski definition) is 3. The molecule has 0 aromatic heterocycles. The van der Waals surface area contributed by atoms with Crippen molar-refractivity contribution in [3.63, 3.8) is 0 Å². The third-order valence-electron chi connectivity index (χ3n) is 6.25. The second-order valence-corrected chi connectivity index (χ2v) is 7.98. The minimum Gasteiger partial charge on any atom is -0.391 e. The topological polar surface area (TPSA) is 32.7 Å². The van der Waals surface area contributed by atoms with E-state index in [4.69, 9.17) is 4.74 Å². The Balaban J connectivity index is 1.92. The number of aliphatic hydroxyl groups is 1. The second kappa shape index (κ2) is 7.43. The van der Waals surface area contributed by atoms with Gasteiger partial charge in [0, 0.05) is 25.8 Å². The first-order valence-corrected chi connectivity index (χ1v) is 8.90. The highest BCUT2D eigenvalue weighted by Crippen LogP contribution is 2.41. The van der Waals surface area contributed by atoms with Gasteiger partial charge in [0.2, 0.25) is 0 Å². The van der Waals surface area contributed by atoms with E-state index in [0.717, 1.165) is 44.4 Å². The number of nitrogens with zero attached hydrogens (tertiary/aromatic N) is 1. The van der Waals surface area contributed by atoms with Crippen LogP contribution in [0.25, 0.3) is 0 Å². The van der Waals surface area contributed by atoms with E-state index in [1.165, 1.54) is 25.7 Å².